The molecule has 0 spiro atoms. The molecule has 4 heteroatoms. The minimum absolute atomic E-state index is 0.651. The molecule has 0 aliphatic heterocycles. The van der Waals surface area contributed by atoms with Crippen molar-refractivity contribution in [1.29, 1.82) is 0 Å². The van der Waals surface area contributed by atoms with E-state index in [1.807, 2.05) is 67.1 Å². The first-order valence-corrected chi connectivity index (χ1v) is 6.89. The van der Waals surface area contributed by atoms with E-state index in [1.54, 1.807) is 7.11 Å². The molecule has 0 saturated carbocycles. The number of rotatable bonds is 3. The van der Waals surface area contributed by atoms with Crippen molar-refractivity contribution in [1.82, 2.24) is 9.55 Å². The summed E-state index contributed by atoms with van der Waals surface area (Å²) in [6, 6.07) is 15.9. The number of aryl methyl sites for hydroxylation is 1. The van der Waals surface area contributed by atoms with E-state index in [9.17, 15) is 0 Å². The molecule has 3 aromatic rings. The normalized spacial score (nSPS) is 14.1. The number of imidazole rings is 1. The van der Waals surface area contributed by atoms with Gasteiger partial charge in [-0.15, -0.1) is 0 Å². The van der Waals surface area contributed by atoms with Gasteiger partial charge in [0.15, 0.2) is 0 Å². The molecule has 0 aliphatic carbocycles. The van der Waals surface area contributed by atoms with Crippen LogP contribution in [0, 0.1) is 0 Å². The second-order valence-electron chi connectivity index (χ2n) is 5.42. The molecule has 3 rings (SSSR count). The zero-order chi connectivity index (χ0) is 15.0. The van der Waals surface area contributed by atoms with Crippen molar-refractivity contribution in [3.05, 3.63) is 59.9 Å². The Kier molecular flexibility index (Phi) is 3.18. The molecule has 1 heterocycles. The summed E-state index contributed by atoms with van der Waals surface area (Å²) < 4.78 is 7.30. The first-order chi connectivity index (χ1) is 10.0. The largest absolute Gasteiger partial charge is 0.497 e. The van der Waals surface area contributed by atoms with Crippen molar-refractivity contribution in [2.75, 3.05) is 7.11 Å². The van der Waals surface area contributed by atoms with Crippen molar-refractivity contribution < 1.29 is 4.74 Å². The number of aromatic nitrogens is 2. The van der Waals surface area contributed by atoms with Gasteiger partial charge in [0.25, 0.3) is 0 Å². The molecule has 1 atom stereocenters. The molecule has 4 nitrogen and oxygen atoms in total. The fraction of sp³-hybridized carbons (Fsp3) is 0.235. The molecule has 2 aromatic carbocycles. The van der Waals surface area contributed by atoms with Crippen molar-refractivity contribution in [2.45, 2.75) is 12.5 Å². The van der Waals surface area contributed by atoms with Gasteiger partial charge < -0.3 is 15.0 Å². The lowest BCUT2D eigenvalue weighted by molar-refractivity contribution is 0.415. The summed E-state index contributed by atoms with van der Waals surface area (Å²) in [5.41, 5.74) is 8.90. The Morgan fingerprint density at radius 2 is 1.86 bits per heavy atom. The van der Waals surface area contributed by atoms with Crippen molar-refractivity contribution in [2.24, 2.45) is 12.8 Å². The average molecular weight is 281 g/mol. The highest BCUT2D eigenvalue weighted by Crippen LogP contribution is 2.29. The number of fused-ring (bicyclic) bond motifs is 1. The van der Waals surface area contributed by atoms with E-state index >= 15 is 0 Å². The van der Waals surface area contributed by atoms with Gasteiger partial charge in [-0.25, -0.2) is 4.98 Å². The van der Waals surface area contributed by atoms with Crippen molar-refractivity contribution in [3.8, 4) is 5.75 Å². The molecule has 108 valence electrons. The number of benzene rings is 2. The summed E-state index contributed by atoms with van der Waals surface area (Å²) >= 11 is 0. The summed E-state index contributed by atoms with van der Waals surface area (Å²) in [6.07, 6.45) is 0. The highest BCUT2D eigenvalue weighted by atomic mass is 16.5. The van der Waals surface area contributed by atoms with Gasteiger partial charge in [0.1, 0.15) is 11.6 Å². The van der Waals surface area contributed by atoms with Crippen LogP contribution in [0.3, 0.4) is 0 Å². The second kappa shape index (κ2) is 4.90. The molecular formula is C17H19N3O. The third-order valence-corrected chi connectivity index (χ3v) is 3.93. The van der Waals surface area contributed by atoms with Gasteiger partial charge in [0, 0.05) is 13.1 Å². The van der Waals surface area contributed by atoms with E-state index in [4.69, 9.17) is 15.5 Å². The average Bonchev–Trinajstić information content (AvgIpc) is 2.85. The van der Waals surface area contributed by atoms with Crippen molar-refractivity contribution in [3.63, 3.8) is 0 Å². The van der Waals surface area contributed by atoms with Gasteiger partial charge in [0.05, 0.1) is 23.7 Å². The van der Waals surface area contributed by atoms with Crippen LogP contribution in [-0.4, -0.2) is 16.7 Å². The molecule has 0 aliphatic rings. The molecule has 0 fully saturated rings. The van der Waals surface area contributed by atoms with E-state index < -0.39 is 5.54 Å². The smallest absolute Gasteiger partial charge is 0.134 e. The molecule has 0 saturated heterocycles. The van der Waals surface area contributed by atoms with Crippen LogP contribution in [0.4, 0.5) is 0 Å². The number of hydrogen-bond donors (Lipinski definition) is 1. The first kappa shape index (κ1) is 13.6. The minimum atomic E-state index is -0.651. The fourth-order valence-electron chi connectivity index (χ4n) is 2.68. The van der Waals surface area contributed by atoms with Crippen LogP contribution in [0.5, 0.6) is 5.75 Å². The number of ether oxygens (including phenoxy) is 1. The van der Waals surface area contributed by atoms with Gasteiger partial charge >= 0.3 is 0 Å². The Morgan fingerprint density at radius 3 is 2.52 bits per heavy atom. The monoisotopic (exact) mass is 281 g/mol. The first-order valence-electron chi connectivity index (χ1n) is 6.89. The van der Waals surface area contributed by atoms with E-state index in [0.29, 0.717) is 0 Å². The summed E-state index contributed by atoms with van der Waals surface area (Å²) in [5, 5.41) is 0. The summed E-state index contributed by atoms with van der Waals surface area (Å²) in [7, 11) is 3.65. The maximum Gasteiger partial charge on any atom is 0.134 e. The Labute approximate surface area is 124 Å². The van der Waals surface area contributed by atoms with E-state index in [1.165, 1.54) is 0 Å². The van der Waals surface area contributed by atoms with Crippen LogP contribution in [0.2, 0.25) is 0 Å². The van der Waals surface area contributed by atoms with Gasteiger partial charge in [-0.05, 0) is 24.6 Å². The van der Waals surface area contributed by atoms with E-state index in [0.717, 1.165) is 28.2 Å². The lowest BCUT2D eigenvalue weighted by Crippen LogP contribution is -2.37. The fourth-order valence-corrected chi connectivity index (χ4v) is 2.68. The molecule has 1 unspecified atom stereocenters. The summed E-state index contributed by atoms with van der Waals surface area (Å²) in [6.45, 7) is 1.99. The van der Waals surface area contributed by atoms with Gasteiger partial charge in [-0.1, -0.05) is 30.3 Å². The van der Waals surface area contributed by atoms with Crippen LogP contribution < -0.4 is 10.5 Å². The lowest BCUT2D eigenvalue weighted by atomic mass is 9.92. The third kappa shape index (κ3) is 2.17. The minimum Gasteiger partial charge on any atom is -0.497 e. The summed E-state index contributed by atoms with van der Waals surface area (Å²) in [5.74, 6) is 1.63. The molecule has 0 bridgehead atoms. The molecule has 0 radical (unpaired) electrons. The maximum absolute atomic E-state index is 6.58. The Balaban J connectivity index is 2.18. The number of hydrogen-bond acceptors (Lipinski definition) is 3. The Morgan fingerprint density at radius 1 is 1.14 bits per heavy atom. The van der Waals surface area contributed by atoms with Gasteiger partial charge in [-0.3, -0.25) is 0 Å². The SMILES string of the molecule is COc1ccc2c(c1)nc(C(C)(N)c1ccccc1)n2C. The summed E-state index contributed by atoms with van der Waals surface area (Å²) in [4.78, 5) is 4.73. The van der Waals surface area contributed by atoms with E-state index in [-0.39, 0.29) is 0 Å². The standard InChI is InChI=1S/C17H19N3O/c1-17(18,12-7-5-4-6-8-12)16-19-14-11-13(21-3)9-10-15(14)20(16)2/h4-11H,18H2,1-3H3. The van der Waals surface area contributed by atoms with Crippen molar-refractivity contribution >= 4 is 11.0 Å². The van der Waals surface area contributed by atoms with Crippen LogP contribution in [-0.2, 0) is 12.6 Å². The Hall–Kier alpha value is -2.33. The van der Waals surface area contributed by atoms with Crippen LogP contribution in [0.1, 0.15) is 18.3 Å². The highest BCUT2D eigenvalue weighted by molar-refractivity contribution is 5.78. The molecule has 0 amide bonds. The van der Waals surface area contributed by atoms with Crippen LogP contribution >= 0.6 is 0 Å². The third-order valence-electron chi connectivity index (χ3n) is 3.93. The van der Waals surface area contributed by atoms with Crippen LogP contribution in [0.15, 0.2) is 48.5 Å². The van der Waals surface area contributed by atoms with E-state index in [2.05, 4.69) is 0 Å². The molecule has 1 aromatic heterocycles. The quantitative estimate of drug-likeness (QED) is 0.803. The number of nitrogens with two attached hydrogens (primary N) is 1. The maximum atomic E-state index is 6.58. The topological polar surface area (TPSA) is 53.1 Å². The molecule has 21 heavy (non-hydrogen) atoms. The lowest BCUT2D eigenvalue weighted by Gasteiger charge is -2.24. The number of methoxy groups -OCH3 is 1. The van der Waals surface area contributed by atoms with Gasteiger partial charge in [0.2, 0.25) is 0 Å². The highest BCUT2D eigenvalue weighted by Gasteiger charge is 2.29. The number of nitrogens with zero attached hydrogens (tertiary/aromatic N) is 2. The zero-order valence-electron chi connectivity index (χ0n) is 12.5. The second-order valence-corrected chi connectivity index (χ2v) is 5.42. The predicted molar refractivity (Wildman–Crippen MR) is 84.3 cm³/mol. The Bertz CT molecular complexity index is 775. The zero-order valence-corrected chi connectivity index (χ0v) is 12.5. The van der Waals surface area contributed by atoms with Gasteiger partial charge in [-0.2, -0.15) is 0 Å². The molecule has 2 N–H and O–H groups in total. The molecular weight excluding hydrogens is 262 g/mol. The van der Waals surface area contributed by atoms with Crippen LogP contribution in [0.25, 0.3) is 11.0 Å². The predicted octanol–water partition coefficient (Wildman–Crippen LogP) is 2.80.